The van der Waals surface area contributed by atoms with Gasteiger partial charge in [-0.2, -0.15) is 0 Å². The van der Waals surface area contributed by atoms with E-state index in [-0.39, 0.29) is 0 Å². The molecule has 4 heteroatoms. The molecule has 42 heavy (non-hydrogen) atoms. The first-order valence-corrected chi connectivity index (χ1v) is 14.9. The predicted molar refractivity (Wildman–Crippen MR) is 177 cm³/mol. The van der Waals surface area contributed by atoms with Crippen molar-refractivity contribution in [3.8, 4) is 22.5 Å². The largest absolute Gasteiger partial charge is 0.456 e. The SMILES string of the molecule is c1ccc(-c2nc3ccccc3nc2-c2cc3sc4cccc5c6ccc7oc8ccccc8c7c6c(c2)c3c45)cc1. The minimum Gasteiger partial charge on any atom is -0.456 e. The molecule has 194 valence electrons. The molecule has 10 rings (SSSR count). The van der Waals surface area contributed by atoms with Crippen LogP contribution in [-0.4, -0.2) is 9.97 Å². The first-order valence-electron chi connectivity index (χ1n) is 14.1. The monoisotopic (exact) mass is 552 g/mol. The van der Waals surface area contributed by atoms with Gasteiger partial charge in [-0.1, -0.05) is 72.8 Å². The Morgan fingerprint density at radius 2 is 1.12 bits per heavy atom. The molecule has 0 bridgehead atoms. The fourth-order valence-corrected chi connectivity index (χ4v) is 8.02. The number of benzene rings is 7. The number of furan rings is 1. The third kappa shape index (κ3) is 2.94. The third-order valence-corrected chi connectivity index (χ3v) is 9.69. The van der Waals surface area contributed by atoms with E-state index in [1.807, 2.05) is 47.7 Å². The first kappa shape index (κ1) is 22.4. The highest BCUT2D eigenvalue weighted by atomic mass is 32.1. The Hall–Kier alpha value is -5.32. The Morgan fingerprint density at radius 3 is 1.98 bits per heavy atom. The maximum absolute atomic E-state index is 6.38. The van der Waals surface area contributed by atoms with Crippen LogP contribution in [0.1, 0.15) is 0 Å². The van der Waals surface area contributed by atoms with E-state index < -0.39 is 0 Å². The summed E-state index contributed by atoms with van der Waals surface area (Å²) in [5.41, 5.74) is 7.53. The van der Waals surface area contributed by atoms with Gasteiger partial charge in [0.2, 0.25) is 0 Å². The molecule has 0 fully saturated rings. The number of rotatable bonds is 2. The Morgan fingerprint density at radius 1 is 0.429 bits per heavy atom. The molecule has 0 aliphatic carbocycles. The van der Waals surface area contributed by atoms with Crippen LogP contribution >= 0.6 is 11.3 Å². The van der Waals surface area contributed by atoms with Crippen molar-refractivity contribution < 1.29 is 4.42 Å². The van der Waals surface area contributed by atoms with Gasteiger partial charge in [-0.15, -0.1) is 11.3 Å². The van der Waals surface area contributed by atoms with Crippen LogP contribution in [-0.2, 0) is 0 Å². The highest BCUT2D eigenvalue weighted by Crippen LogP contribution is 2.49. The highest BCUT2D eigenvalue weighted by Gasteiger charge is 2.22. The molecule has 0 saturated heterocycles. The maximum Gasteiger partial charge on any atom is 0.136 e. The second-order valence-electron chi connectivity index (χ2n) is 10.9. The minimum absolute atomic E-state index is 0.892. The van der Waals surface area contributed by atoms with Gasteiger partial charge in [0.15, 0.2) is 0 Å². The number of fused-ring (bicyclic) bond motifs is 8. The number of hydrogen-bond donors (Lipinski definition) is 0. The summed E-state index contributed by atoms with van der Waals surface area (Å²) in [6, 6.07) is 42.6. The van der Waals surface area contributed by atoms with Gasteiger partial charge in [0.1, 0.15) is 11.2 Å². The van der Waals surface area contributed by atoms with Gasteiger partial charge in [0, 0.05) is 47.5 Å². The molecule has 0 N–H and O–H groups in total. The van der Waals surface area contributed by atoms with Crippen LogP contribution in [0.5, 0.6) is 0 Å². The standard InChI is InChI=1S/C38H20N2OS/c1-2-9-21(10-3-1)37-38(40-28-14-6-5-13-27(28)39-37)22-19-26-33-24(17-18-30-34(33)25-11-4-7-15-29(25)41-30)23-12-8-16-31-35(23)36(26)32(20-22)42-31/h1-20H. The van der Waals surface area contributed by atoms with Gasteiger partial charge in [-0.25, -0.2) is 9.97 Å². The van der Waals surface area contributed by atoms with Gasteiger partial charge >= 0.3 is 0 Å². The van der Waals surface area contributed by atoms with Crippen LogP contribution in [0.4, 0.5) is 0 Å². The van der Waals surface area contributed by atoms with Gasteiger partial charge in [0.25, 0.3) is 0 Å². The van der Waals surface area contributed by atoms with E-state index in [2.05, 4.69) is 84.9 Å². The lowest BCUT2D eigenvalue weighted by Gasteiger charge is -2.14. The number of hydrogen-bond acceptors (Lipinski definition) is 4. The van der Waals surface area contributed by atoms with Crippen molar-refractivity contribution in [3.05, 3.63) is 121 Å². The van der Waals surface area contributed by atoms with E-state index in [0.29, 0.717) is 0 Å². The van der Waals surface area contributed by atoms with Crippen molar-refractivity contribution >= 4 is 86.0 Å². The topological polar surface area (TPSA) is 38.9 Å². The number of aromatic nitrogens is 2. The van der Waals surface area contributed by atoms with Gasteiger partial charge < -0.3 is 4.42 Å². The molecule has 7 aromatic carbocycles. The Kier molecular flexibility index (Phi) is 4.33. The van der Waals surface area contributed by atoms with Crippen molar-refractivity contribution in [3.63, 3.8) is 0 Å². The summed E-state index contributed by atoms with van der Waals surface area (Å²) in [5, 5.41) is 9.97. The summed E-state index contributed by atoms with van der Waals surface area (Å²) in [4.78, 5) is 10.4. The average molecular weight is 553 g/mol. The van der Waals surface area contributed by atoms with E-state index in [0.717, 1.165) is 50.1 Å². The molecule has 0 radical (unpaired) electrons. The summed E-state index contributed by atoms with van der Waals surface area (Å²) in [6.45, 7) is 0. The van der Waals surface area contributed by atoms with Gasteiger partial charge in [0.05, 0.1) is 22.4 Å². The highest BCUT2D eigenvalue weighted by molar-refractivity contribution is 7.26. The Balaban J connectivity index is 1.42. The van der Waals surface area contributed by atoms with Crippen LogP contribution < -0.4 is 0 Å². The van der Waals surface area contributed by atoms with Crippen molar-refractivity contribution in [2.24, 2.45) is 0 Å². The second-order valence-corrected chi connectivity index (χ2v) is 12.0. The summed E-state index contributed by atoms with van der Waals surface area (Å²) in [7, 11) is 0. The van der Waals surface area contributed by atoms with Crippen LogP contribution in [0, 0.1) is 0 Å². The molecule has 0 unspecified atom stereocenters. The van der Waals surface area contributed by atoms with E-state index >= 15 is 0 Å². The molecule has 3 aromatic heterocycles. The lowest BCUT2D eigenvalue weighted by molar-refractivity contribution is 0.669. The normalized spacial score (nSPS) is 12.3. The molecule has 3 nitrogen and oxygen atoms in total. The van der Waals surface area contributed by atoms with E-state index in [1.54, 1.807) is 0 Å². The molecule has 0 aliphatic heterocycles. The van der Waals surface area contributed by atoms with Gasteiger partial charge in [-0.05, 0) is 64.7 Å². The van der Waals surface area contributed by atoms with Crippen LogP contribution in [0.3, 0.4) is 0 Å². The molecule has 10 aromatic rings. The second kappa shape index (κ2) is 8.12. The lowest BCUT2D eigenvalue weighted by atomic mass is 9.90. The zero-order valence-corrected chi connectivity index (χ0v) is 23.1. The third-order valence-electron chi connectivity index (χ3n) is 8.59. The van der Waals surface area contributed by atoms with E-state index in [9.17, 15) is 0 Å². The molecule has 0 saturated carbocycles. The molecular formula is C38H20N2OS. The molecular weight excluding hydrogens is 532 g/mol. The molecule has 0 aliphatic rings. The van der Waals surface area contributed by atoms with Crippen LogP contribution in [0.2, 0.25) is 0 Å². The van der Waals surface area contributed by atoms with Gasteiger partial charge in [-0.3, -0.25) is 0 Å². The number of para-hydroxylation sites is 3. The molecule has 0 atom stereocenters. The summed E-state index contributed by atoms with van der Waals surface area (Å²) < 4.78 is 8.94. The smallest absolute Gasteiger partial charge is 0.136 e. The minimum atomic E-state index is 0.892. The molecule has 0 amide bonds. The fraction of sp³-hybridized carbons (Fsp3) is 0. The van der Waals surface area contributed by atoms with E-state index in [4.69, 9.17) is 14.4 Å². The van der Waals surface area contributed by atoms with Crippen molar-refractivity contribution in [1.29, 1.82) is 0 Å². The van der Waals surface area contributed by atoms with E-state index in [1.165, 1.54) is 47.1 Å². The Labute approximate surface area is 243 Å². The zero-order chi connectivity index (χ0) is 27.4. The number of thiophene rings is 1. The number of nitrogens with zero attached hydrogens (tertiary/aromatic N) is 2. The van der Waals surface area contributed by atoms with Crippen LogP contribution in [0.25, 0.3) is 97.2 Å². The Bertz CT molecular complexity index is 2680. The van der Waals surface area contributed by atoms with Crippen molar-refractivity contribution in [1.82, 2.24) is 9.97 Å². The zero-order valence-electron chi connectivity index (χ0n) is 22.3. The molecule has 0 spiro atoms. The summed E-state index contributed by atoms with van der Waals surface area (Å²) >= 11 is 1.85. The van der Waals surface area contributed by atoms with Crippen molar-refractivity contribution in [2.45, 2.75) is 0 Å². The maximum atomic E-state index is 6.38. The molecule has 3 heterocycles. The average Bonchev–Trinajstić information content (AvgIpc) is 3.62. The van der Waals surface area contributed by atoms with Crippen molar-refractivity contribution in [2.75, 3.05) is 0 Å². The summed E-state index contributed by atoms with van der Waals surface area (Å²) in [5.74, 6) is 0. The quantitative estimate of drug-likeness (QED) is 0.200. The fourth-order valence-electron chi connectivity index (χ4n) is 6.82. The lowest BCUT2D eigenvalue weighted by Crippen LogP contribution is -1.95. The predicted octanol–water partition coefficient (Wildman–Crippen LogP) is 11.0. The summed E-state index contributed by atoms with van der Waals surface area (Å²) in [6.07, 6.45) is 0. The first-order chi connectivity index (χ1) is 20.8. The van der Waals surface area contributed by atoms with Crippen LogP contribution in [0.15, 0.2) is 126 Å².